The Labute approximate surface area is 148 Å². The molecule has 0 aliphatic carbocycles. The first kappa shape index (κ1) is 19.7. The lowest BCUT2D eigenvalue weighted by Crippen LogP contribution is -2.51. The third kappa shape index (κ3) is 5.68. The van der Waals surface area contributed by atoms with E-state index in [4.69, 9.17) is 17.3 Å². The van der Waals surface area contributed by atoms with E-state index in [1.165, 1.54) is 0 Å². The van der Waals surface area contributed by atoms with Crippen LogP contribution >= 0.6 is 24.0 Å². The third-order valence-electron chi connectivity index (χ3n) is 3.78. The molecule has 0 spiro atoms. The molecule has 0 aromatic heterocycles. The van der Waals surface area contributed by atoms with Crippen LogP contribution in [0.2, 0.25) is 5.02 Å². The van der Waals surface area contributed by atoms with Gasteiger partial charge in [-0.2, -0.15) is 0 Å². The fourth-order valence-electron chi connectivity index (χ4n) is 2.53. The van der Waals surface area contributed by atoms with Crippen molar-refractivity contribution in [3.63, 3.8) is 0 Å². The zero-order valence-electron chi connectivity index (χ0n) is 13.2. The van der Waals surface area contributed by atoms with E-state index >= 15 is 0 Å². The van der Waals surface area contributed by atoms with Crippen molar-refractivity contribution in [2.45, 2.75) is 25.8 Å². The summed E-state index contributed by atoms with van der Waals surface area (Å²) in [5.41, 5.74) is 6.49. The first-order chi connectivity index (χ1) is 10.5. The van der Waals surface area contributed by atoms with Crippen molar-refractivity contribution in [2.75, 3.05) is 26.2 Å². The second-order valence-electron chi connectivity index (χ2n) is 5.71. The first-order valence-corrected chi connectivity index (χ1v) is 7.89. The highest BCUT2D eigenvalue weighted by Gasteiger charge is 2.24. The molecule has 1 heterocycles. The van der Waals surface area contributed by atoms with Crippen molar-refractivity contribution in [1.29, 1.82) is 0 Å². The van der Waals surface area contributed by atoms with Crippen LogP contribution in [0, 0.1) is 0 Å². The van der Waals surface area contributed by atoms with Gasteiger partial charge in [-0.15, -0.1) is 12.4 Å². The van der Waals surface area contributed by atoms with Gasteiger partial charge in [-0.1, -0.05) is 29.8 Å². The van der Waals surface area contributed by atoms with Crippen molar-refractivity contribution < 1.29 is 9.59 Å². The molecule has 2 rings (SSSR count). The molecule has 128 valence electrons. The Morgan fingerprint density at radius 1 is 1.13 bits per heavy atom. The average Bonchev–Trinajstić information content (AvgIpc) is 2.49. The molecule has 0 radical (unpaired) electrons. The maximum absolute atomic E-state index is 12.3. The van der Waals surface area contributed by atoms with Crippen LogP contribution < -0.4 is 5.73 Å². The summed E-state index contributed by atoms with van der Waals surface area (Å²) in [6.07, 6.45) is 0.654. The maximum Gasteiger partial charge on any atom is 0.227 e. The van der Waals surface area contributed by atoms with Gasteiger partial charge in [0.1, 0.15) is 0 Å². The minimum absolute atomic E-state index is 0. The molecule has 1 atom stereocenters. The summed E-state index contributed by atoms with van der Waals surface area (Å²) in [5, 5.41) is 0.613. The summed E-state index contributed by atoms with van der Waals surface area (Å²) >= 11 is 6.08. The lowest BCUT2D eigenvalue weighted by Gasteiger charge is -2.35. The second kappa shape index (κ2) is 9.11. The number of hydrogen-bond acceptors (Lipinski definition) is 3. The predicted molar refractivity (Wildman–Crippen MR) is 93.8 cm³/mol. The lowest BCUT2D eigenvalue weighted by atomic mass is 10.1. The van der Waals surface area contributed by atoms with Crippen LogP contribution in [0.15, 0.2) is 24.3 Å². The fourth-order valence-corrected chi connectivity index (χ4v) is 2.73. The summed E-state index contributed by atoms with van der Waals surface area (Å²) in [5.74, 6) is 0.112. The van der Waals surface area contributed by atoms with Gasteiger partial charge in [0, 0.05) is 43.7 Å². The fraction of sp³-hybridized carbons (Fsp3) is 0.500. The summed E-state index contributed by atoms with van der Waals surface area (Å²) < 4.78 is 0. The van der Waals surface area contributed by atoms with Crippen LogP contribution in [-0.4, -0.2) is 53.8 Å². The van der Waals surface area contributed by atoms with Gasteiger partial charge in [0.2, 0.25) is 11.8 Å². The van der Waals surface area contributed by atoms with Gasteiger partial charge in [-0.3, -0.25) is 9.59 Å². The zero-order valence-corrected chi connectivity index (χ0v) is 14.8. The van der Waals surface area contributed by atoms with Crippen molar-refractivity contribution in [1.82, 2.24) is 9.80 Å². The standard InChI is InChI=1S/C16H22ClN3O2.ClH/c1-12(18)10-15(21)19-6-8-20(9-7-19)16(22)11-13-4-2-3-5-14(13)17;/h2-5,12H,6-11,18H2,1H3;1H. The molecular formula is C16H23Cl2N3O2. The number of carbonyl (C=O) groups excluding carboxylic acids is 2. The molecule has 1 fully saturated rings. The number of nitrogens with zero attached hydrogens (tertiary/aromatic N) is 2. The van der Waals surface area contributed by atoms with Crippen LogP contribution in [0.4, 0.5) is 0 Å². The molecule has 0 bridgehead atoms. The smallest absolute Gasteiger partial charge is 0.227 e. The van der Waals surface area contributed by atoms with Gasteiger partial charge in [0.25, 0.3) is 0 Å². The summed E-state index contributed by atoms with van der Waals surface area (Å²) in [4.78, 5) is 27.8. The first-order valence-electron chi connectivity index (χ1n) is 7.52. The monoisotopic (exact) mass is 359 g/mol. The predicted octanol–water partition coefficient (Wildman–Crippen LogP) is 1.71. The maximum atomic E-state index is 12.3. The van der Waals surface area contributed by atoms with E-state index in [0.29, 0.717) is 44.0 Å². The quantitative estimate of drug-likeness (QED) is 0.889. The molecule has 2 N–H and O–H groups in total. The number of nitrogens with two attached hydrogens (primary N) is 1. The zero-order chi connectivity index (χ0) is 16.1. The molecule has 23 heavy (non-hydrogen) atoms. The normalized spacial score (nSPS) is 15.8. The van der Waals surface area contributed by atoms with Crippen molar-refractivity contribution >= 4 is 35.8 Å². The summed E-state index contributed by atoms with van der Waals surface area (Å²) in [7, 11) is 0. The Morgan fingerprint density at radius 2 is 1.65 bits per heavy atom. The summed E-state index contributed by atoms with van der Waals surface area (Å²) in [6, 6.07) is 7.24. The van der Waals surface area contributed by atoms with Crippen LogP contribution in [0.3, 0.4) is 0 Å². The Morgan fingerprint density at radius 3 is 2.17 bits per heavy atom. The van der Waals surface area contributed by atoms with Gasteiger partial charge >= 0.3 is 0 Å². The number of carbonyl (C=O) groups is 2. The molecular weight excluding hydrogens is 337 g/mol. The second-order valence-corrected chi connectivity index (χ2v) is 6.12. The van der Waals surface area contributed by atoms with E-state index in [2.05, 4.69) is 0 Å². The topological polar surface area (TPSA) is 66.6 Å². The number of rotatable bonds is 4. The van der Waals surface area contributed by atoms with Crippen molar-refractivity contribution in [2.24, 2.45) is 5.73 Å². The van der Waals surface area contributed by atoms with E-state index in [1.807, 2.05) is 25.1 Å². The number of halogens is 2. The molecule has 1 aromatic carbocycles. The highest BCUT2D eigenvalue weighted by molar-refractivity contribution is 6.31. The van der Waals surface area contributed by atoms with Gasteiger partial charge < -0.3 is 15.5 Å². The summed E-state index contributed by atoms with van der Waals surface area (Å²) in [6.45, 7) is 4.09. The Kier molecular flexibility index (Phi) is 7.82. The average molecular weight is 360 g/mol. The Bertz CT molecular complexity index is 544. The largest absolute Gasteiger partial charge is 0.339 e. The highest BCUT2D eigenvalue weighted by Crippen LogP contribution is 2.17. The molecule has 7 heteroatoms. The van der Waals surface area contributed by atoms with Crippen LogP contribution in [-0.2, 0) is 16.0 Å². The van der Waals surface area contributed by atoms with Crippen LogP contribution in [0.5, 0.6) is 0 Å². The highest BCUT2D eigenvalue weighted by atomic mass is 35.5. The molecule has 5 nitrogen and oxygen atoms in total. The van der Waals surface area contributed by atoms with Gasteiger partial charge in [-0.05, 0) is 18.6 Å². The number of piperazine rings is 1. The number of hydrogen-bond donors (Lipinski definition) is 1. The lowest BCUT2D eigenvalue weighted by molar-refractivity contribution is -0.139. The molecule has 1 aliphatic rings. The molecule has 1 aromatic rings. The number of benzene rings is 1. The number of amides is 2. The molecule has 2 amide bonds. The van der Waals surface area contributed by atoms with Crippen LogP contribution in [0.1, 0.15) is 18.9 Å². The van der Waals surface area contributed by atoms with Crippen LogP contribution in [0.25, 0.3) is 0 Å². The molecule has 0 saturated carbocycles. The Balaban J connectivity index is 0.00000264. The van der Waals surface area contributed by atoms with E-state index in [1.54, 1.807) is 15.9 Å². The third-order valence-corrected chi connectivity index (χ3v) is 4.15. The molecule has 1 unspecified atom stereocenters. The van der Waals surface area contributed by atoms with E-state index in [9.17, 15) is 9.59 Å². The van der Waals surface area contributed by atoms with Crippen molar-refractivity contribution in [3.8, 4) is 0 Å². The van der Waals surface area contributed by atoms with Crippen molar-refractivity contribution in [3.05, 3.63) is 34.9 Å². The minimum atomic E-state index is -0.132. The Hall–Kier alpha value is -1.30. The molecule has 1 aliphatic heterocycles. The van der Waals surface area contributed by atoms with Gasteiger partial charge in [-0.25, -0.2) is 0 Å². The van der Waals surface area contributed by atoms with Gasteiger partial charge in [0.05, 0.1) is 6.42 Å². The van der Waals surface area contributed by atoms with E-state index < -0.39 is 0 Å². The van der Waals surface area contributed by atoms with E-state index in [0.717, 1.165) is 5.56 Å². The van der Waals surface area contributed by atoms with E-state index in [-0.39, 0.29) is 30.3 Å². The van der Waals surface area contributed by atoms with Gasteiger partial charge in [0.15, 0.2) is 0 Å². The minimum Gasteiger partial charge on any atom is -0.339 e. The SMILES string of the molecule is CC(N)CC(=O)N1CCN(C(=O)Cc2ccccc2Cl)CC1.Cl. The molecule has 1 saturated heterocycles.